The molecule has 0 saturated carbocycles. The van der Waals surface area contributed by atoms with Crippen LogP contribution in [-0.4, -0.2) is 20.7 Å². The van der Waals surface area contributed by atoms with Crippen molar-refractivity contribution in [3.8, 4) is 0 Å². The third-order valence-electron chi connectivity index (χ3n) is 1.54. The number of carbonyl (C=O) groups excluding carboxylic acids is 1. The summed E-state index contributed by atoms with van der Waals surface area (Å²) in [6, 6.07) is 1.45. The summed E-state index contributed by atoms with van der Waals surface area (Å²) in [4.78, 5) is 18.3. The van der Waals surface area contributed by atoms with E-state index in [0.29, 0.717) is 5.03 Å². The van der Waals surface area contributed by atoms with Crippen molar-refractivity contribution in [2.24, 2.45) is 0 Å². The molecule has 15 heavy (non-hydrogen) atoms. The van der Waals surface area contributed by atoms with Crippen molar-refractivity contribution in [3.63, 3.8) is 0 Å². The predicted octanol–water partition coefficient (Wildman–Crippen LogP) is 0.333. The highest BCUT2D eigenvalue weighted by Crippen LogP contribution is 2.31. The van der Waals surface area contributed by atoms with Crippen LogP contribution < -0.4 is 10.8 Å². The minimum absolute atomic E-state index is 0.0131. The molecule has 5 nitrogen and oxygen atoms in total. The minimum Gasteiger partial charge on any atom is -0.549 e. The average molecular weight is 247 g/mol. The van der Waals surface area contributed by atoms with E-state index in [2.05, 4.69) is 9.97 Å². The Morgan fingerprint density at radius 3 is 2.67 bits per heavy atom. The van der Waals surface area contributed by atoms with E-state index in [-0.39, 0.29) is 11.1 Å². The molecule has 0 bridgehead atoms. The zero-order valence-electron chi connectivity index (χ0n) is 8.15. The minimum atomic E-state index is -1.18. The van der Waals surface area contributed by atoms with Gasteiger partial charge < -0.3 is 15.6 Å². The Labute approximate surface area is 96.1 Å². The molecule has 1 aromatic heterocycles. The number of rotatable bonds is 3. The number of halogens is 1. The van der Waals surface area contributed by atoms with Crippen LogP contribution >= 0.6 is 23.4 Å². The van der Waals surface area contributed by atoms with Gasteiger partial charge >= 0.3 is 0 Å². The number of nitrogens with two attached hydrogens (primary N) is 1. The van der Waals surface area contributed by atoms with Crippen LogP contribution in [0.4, 0.5) is 5.95 Å². The van der Waals surface area contributed by atoms with Gasteiger partial charge in [0.1, 0.15) is 10.2 Å². The second-order valence-corrected chi connectivity index (χ2v) is 5.32. The van der Waals surface area contributed by atoms with Gasteiger partial charge in [-0.2, -0.15) is 0 Å². The van der Waals surface area contributed by atoms with E-state index in [0.717, 1.165) is 11.8 Å². The Morgan fingerprint density at radius 1 is 1.60 bits per heavy atom. The van der Waals surface area contributed by atoms with E-state index in [1.165, 1.54) is 19.9 Å². The molecule has 0 amide bonds. The van der Waals surface area contributed by atoms with Crippen LogP contribution in [-0.2, 0) is 4.79 Å². The molecule has 0 radical (unpaired) electrons. The number of aromatic nitrogens is 2. The first-order valence-electron chi connectivity index (χ1n) is 4.02. The lowest BCUT2D eigenvalue weighted by Crippen LogP contribution is -2.41. The maximum Gasteiger partial charge on any atom is 0.222 e. The normalized spacial score (nSPS) is 11.4. The van der Waals surface area contributed by atoms with Gasteiger partial charge in [0.25, 0.3) is 0 Å². The average Bonchev–Trinajstić information content (AvgIpc) is 1.99. The van der Waals surface area contributed by atoms with Gasteiger partial charge in [-0.25, -0.2) is 9.97 Å². The summed E-state index contributed by atoms with van der Waals surface area (Å²) in [5.74, 6) is -1.17. The van der Waals surface area contributed by atoms with Crippen molar-refractivity contribution in [2.75, 3.05) is 5.73 Å². The largest absolute Gasteiger partial charge is 0.549 e. The first-order valence-corrected chi connectivity index (χ1v) is 5.21. The molecule has 1 heterocycles. The molecule has 0 fully saturated rings. The van der Waals surface area contributed by atoms with E-state index in [1.807, 2.05) is 0 Å². The summed E-state index contributed by atoms with van der Waals surface area (Å²) in [5.41, 5.74) is 5.37. The highest BCUT2D eigenvalue weighted by Gasteiger charge is 2.22. The first-order chi connectivity index (χ1) is 6.81. The van der Waals surface area contributed by atoms with Crippen molar-refractivity contribution >= 4 is 35.3 Å². The fourth-order valence-electron chi connectivity index (χ4n) is 0.769. The number of anilines is 1. The molecule has 82 valence electrons. The number of carbonyl (C=O) groups is 1. The highest BCUT2D eigenvalue weighted by atomic mass is 35.5. The van der Waals surface area contributed by atoms with E-state index in [9.17, 15) is 9.90 Å². The molecular formula is C8H9ClN3O2S-. The lowest BCUT2D eigenvalue weighted by Gasteiger charge is -2.24. The van der Waals surface area contributed by atoms with Crippen LogP contribution in [0.1, 0.15) is 13.8 Å². The molecule has 2 N–H and O–H groups in total. The molecule has 1 rings (SSSR count). The summed E-state index contributed by atoms with van der Waals surface area (Å²) in [7, 11) is 0. The summed E-state index contributed by atoms with van der Waals surface area (Å²) in [6.45, 7) is 3.03. The lowest BCUT2D eigenvalue weighted by molar-refractivity contribution is -0.308. The van der Waals surface area contributed by atoms with E-state index in [4.69, 9.17) is 17.3 Å². The number of nitrogen functional groups attached to an aromatic ring is 1. The summed E-state index contributed by atoms with van der Waals surface area (Å²) in [6.07, 6.45) is 0. The third kappa shape index (κ3) is 3.24. The van der Waals surface area contributed by atoms with Crippen molar-refractivity contribution in [1.82, 2.24) is 9.97 Å². The van der Waals surface area contributed by atoms with Crippen LogP contribution in [0.3, 0.4) is 0 Å². The maximum absolute atomic E-state index is 10.8. The van der Waals surface area contributed by atoms with Gasteiger partial charge in [-0.1, -0.05) is 23.4 Å². The monoisotopic (exact) mass is 246 g/mol. The molecule has 0 atom stereocenters. The van der Waals surface area contributed by atoms with Crippen molar-refractivity contribution in [1.29, 1.82) is 0 Å². The Balaban J connectivity index is 2.94. The molecule has 0 unspecified atom stereocenters. The summed E-state index contributed by atoms with van der Waals surface area (Å²) >= 11 is 6.66. The van der Waals surface area contributed by atoms with Crippen molar-refractivity contribution in [3.05, 3.63) is 11.2 Å². The highest BCUT2D eigenvalue weighted by molar-refractivity contribution is 8.01. The number of hydrogen-bond acceptors (Lipinski definition) is 6. The van der Waals surface area contributed by atoms with Crippen LogP contribution in [0.25, 0.3) is 0 Å². The number of thioether (sulfide) groups is 1. The predicted molar refractivity (Wildman–Crippen MR) is 56.4 cm³/mol. The Kier molecular flexibility index (Phi) is 3.41. The van der Waals surface area contributed by atoms with Gasteiger partial charge in [-0.05, 0) is 13.8 Å². The molecule has 0 aromatic carbocycles. The van der Waals surface area contributed by atoms with Gasteiger partial charge in [0.15, 0.2) is 0 Å². The molecule has 0 aliphatic heterocycles. The Morgan fingerprint density at radius 2 is 2.20 bits per heavy atom. The molecule has 7 heteroatoms. The van der Waals surface area contributed by atoms with E-state index in [1.54, 1.807) is 0 Å². The second kappa shape index (κ2) is 4.24. The summed E-state index contributed by atoms with van der Waals surface area (Å²) in [5, 5.41) is 11.3. The van der Waals surface area contributed by atoms with Crippen LogP contribution in [0, 0.1) is 0 Å². The third-order valence-corrected chi connectivity index (χ3v) is 2.83. The fraction of sp³-hybridized carbons (Fsp3) is 0.375. The standard InChI is InChI=1S/C8H10ClN3O2S/c1-8(2,6(13)14)15-5-3-4(9)11-7(10)12-5/h3H,1-2H3,(H,13,14)(H2,10,11,12)/p-1. The topological polar surface area (TPSA) is 91.9 Å². The summed E-state index contributed by atoms with van der Waals surface area (Å²) < 4.78 is -1.09. The number of hydrogen-bond donors (Lipinski definition) is 1. The molecule has 0 saturated heterocycles. The van der Waals surface area contributed by atoms with Gasteiger partial charge in [0.2, 0.25) is 5.95 Å². The zero-order chi connectivity index (χ0) is 11.6. The number of carboxylic acid groups (broad SMARTS) is 1. The van der Waals surface area contributed by atoms with Crippen LogP contribution in [0.2, 0.25) is 5.15 Å². The van der Waals surface area contributed by atoms with E-state index < -0.39 is 10.7 Å². The maximum atomic E-state index is 10.8. The van der Waals surface area contributed by atoms with Gasteiger partial charge in [-0.15, -0.1) is 0 Å². The zero-order valence-corrected chi connectivity index (χ0v) is 9.72. The van der Waals surface area contributed by atoms with Gasteiger partial charge in [0.05, 0.1) is 10.7 Å². The number of carboxylic acids is 1. The Bertz CT molecular complexity index is 377. The number of aliphatic carboxylic acids is 1. The molecule has 1 aromatic rings. The Hall–Kier alpha value is -1.01. The second-order valence-electron chi connectivity index (χ2n) is 3.29. The van der Waals surface area contributed by atoms with Gasteiger partial charge in [-0.3, -0.25) is 0 Å². The fourth-order valence-corrected chi connectivity index (χ4v) is 1.94. The van der Waals surface area contributed by atoms with Crippen molar-refractivity contribution in [2.45, 2.75) is 23.6 Å². The van der Waals surface area contributed by atoms with Crippen LogP contribution in [0.15, 0.2) is 11.1 Å². The number of nitrogens with zero attached hydrogens (tertiary/aromatic N) is 2. The molecule has 0 aliphatic carbocycles. The molecular weight excluding hydrogens is 238 g/mol. The SMILES string of the molecule is CC(C)(Sc1cc(Cl)nc(N)n1)C(=O)[O-]. The van der Waals surface area contributed by atoms with E-state index >= 15 is 0 Å². The first kappa shape index (κ1) is 12.1. The van der Waals surface area contributed by atoms with Gasteiger partial charge in [0, 0.05) is 6.07 Å². The smallest absolute Gasteiger partial charge is 0.222 e. The molecule has 0 spiro atoms. The lowest BCUT2D eigenvalue weighted by atomic mass is 10.2. The molecule has 0 aliphatic rings. The van der Waals surface area contributed by atoms with Crippen molar-refractivity contribution < 1.29 is 9.90 Å². The quantitative estimate of drug-likeness (QED) is 0.611. The van der Waals surface area contributed by atoms with Crippen LogP contribution in [0.5, 0.6) is 0 Å².